The van der Waals surface area contributed by atoms with Gasteiger partial charge in [-0.3, -0.25) is 10.1 Å². The molecule has 118 valence electrons. The molecule has 1 aromatic heterocycles. The van der Waals surface area contributed by atoms with Crippen molar-refractivity contribution in [1.29, 1.82) is 0 Å². The highest BCUT2D eigenvalue weighted by Gasteiger charge is 2.41. The van der Waals surface area contributed by atoms with E-state index in [-0.39, 0.29) is 18.1 Å². The highest BCUT2D eigenvalue weighted by molar-refractivity contribution is 7.07. The summed E-state index contributed by atoms with van der Waals surface area (Å²) in [5.74, 6) is 0.809. The zero-order valence-electron chi connectivity index (χ0n) is 13.6. The maximum absolute atomic E-state index is 12.8. The molecule has 2 rings (SSSR count). The molecule has 1 saturated heterocycles. The quantitative estimate of drug-likeness (QED) is 0.820. The Hall–Kier alpha value is -0.870. The van der Waals surface area contributed by atoms with Crippen molar-refractivity contribution in [3.8, 4) is 0 Å². The van der Waals surface area contributed by atoms with Crippen LogP contribution in [-0.4, -0.2) is 22.9 Å². The molecular weight excluding hydrogens is 280 g/mol. The van der Waals surface area contributed by atoms with E-state index in [2.05, 4.69) is 54.7 Å². The van der Waals surface area contributed by atoms with E-state index in [1.807, 2.05) is 0 Å². The number of hydrogen-bond donors (Lipinski definition) is 1. The molecule has 1 amide bonds. The fraction of sp³-hybridized carbons (Fsp3) is 0.706. The molecular formula is C17H28N2OS. The maximum Gasteiger partial charge on any atom is 0.241 e. The molecule has 2 heterocycles. The highest BCUT2D eigenvalue weighted by Crippen LogP contribution is 2.32. The molecule has 21 heavy (non-hydrogen) atoms. The monoisotopic (exact) mass is 308 g/mol. The minimum absolute atomic E-state index is 0.0287. The van der Waals surface area contributed by atoms with Gasteiger partial charge in [-0.05, 0) is 48.1 Å². The van der Waals surface area contributed by atoms with Crippen molar-refractivity contribution in [2.75, 3.05) is 0 Å². The van der Waals surface area contributed by atoms with Crippen molar-refractivity contribution in [1.82, 2.24) is 10.2 Å². The Bertz CT molecular complexity index is 444. The average molecular weight is 308 g/mol. The van der Waals surface area contributed by atoms with Crippen LogP contribution in [0.4, 0.5) is 0 Å². The summed E-state index contributed by atoms with van der Waals surface area (Å²) in [5, 5.41) is 7.81. The molecule has 3 unspecified atom stereocenters. The van der Waals surface area contributed by atoms with Crippen LogP contribution in [0.1, 0.15) is 65.1 Å². The summed E-state index contributed by atoms with van der Waals surface area (Å²) >= 11 is 1.70. The van der Waals surface area contributed by atoms with Crippen molar-refractivity contribution in [3.05, 3.63) is 22.4 Å². The third-order valence-corrected chi connectivity index (χ3v) is 4.91. The molecule has 3 atom stereocenters. The molecule has 4 heteroatoms. The first kappa shape index (κ1) is 16.5. The Labute approximate surface area is 132 Å². The van der Waals surface area contributed by atoms with Gasteiger partial charge in [-0.1, -0.05) is 33.6 Å². The first-order valence-corrected chi connectivity index (χ1v) is 9.09. The summed E-state index contributed by atoms with van der Waals surface area (Å²) in [6.07, 6.45) is 4.41. The van der Waals surface area contributed by atoms with E-state index >= 15 is 0 Å². The van der Waals surface area contributed by atoms with E-state index in [4.69, 9.17) is 0 Å². The summed E-state index contributed by atoms with van der Waals surface area (Å²) in [6.45, 7) is 8.75. The topological polar surface area (TPSA) is 32.3 Å². The van der Waals surface area contributed by atoms with Gasteiger partial charge in [0.1, 0.15) is 6.17 Å². The number of thiophene rings is 1. The van der Waals surface area contributed by atoms with Crippen LogP contribution in [0.25, 0.3) is 0 Å². The number of rotatable bonds is 7. The van der Waals surface area contributed by atoms with Gasteiger partial charge in [-0.15, -0.1) is 0 Å². The lowest BCUT2D eigenvalue weighted by Crippen LogP contribution is -2.38. The first-order chi connectivity index (χ1) is 10.0. The Balaban J connectivity index is 2.17. The molecule has 1 fully saturated rings. The summed E-state index contributed by atoms with van der Waals surface area (Å²) < 4.78 is 0. The number of amides is 1. The largest absolute Gasteiger partial charge is 0.319 e. The number of nitrogens with one attached hydrogen (secondary N) is 1. The highest BCUT2D eigenvalue weighted by atomic mass is 32.1. The maximum atomic E-state index is 12.8. The fourth-order valence-electron chi connectivity index (χ4n) is 3.09. The first-order valence-electron chi connectivity index (χ1n) is 8.14. The molecule has 0 saturated carbocycles. The Morgan fingerprint density at radius 2 is 2.14 bits per heavy atom. The van der Waals surface area contributed by atoms with Gasteiger partial charge >= 0.3 is 0 Å². The Kier molecular flexibility index (Phi) is 5.82. The van der Waals surface area contributed by atoms with E-state index < -0.39 is 0 Å². The van der Waals surface area contributed by atoms with E-state index in [9.17, 15) is 4.79 Å². The van der Waals surface area contributed by atoms with Crippen molar-refractivity contribution >= 4 is 17.2 Å². The molecule has 0 spiro atoms. The zero-order valence-corrected chi connectivity index (χ0v) is 14.5. The third-order valence-electron chi connectivity index (χ3n) is 4.21. The number of unbranched alkanes of at least 4 members (excludes halogenated alkanes) is 1. The normalized spacial score (nSPS) is 24.0. The van der Waals surface area contributed by atoms with Crippen LogP contribution in [-0.2, 0) is 4.79 Å². The number of hydrogen-bond acceptors (Lipinski definition) is 3. The molecule has 1 aliphatic rings. The van der Waals surface area contributed by atoms with Crippen molar-refractivity contribution < 1.29 is 4.79 Å². The predicted octanol–water partition coefficient (Wildman–Crippen LogP) is 4.17. The van der Waals surface area contributed by atoms with Crippen molar-refractivity contribution in [2.24, 2.45) is 5.92 Å². The SMILES string of the molecule is CCCCC(C)N1C(=O)C(CC(C)C)NC1c1ccsc1. The van der Waals surface area contributed by atoms with E-state index in [1.54, 1.807) is 11.3 Å². The van der Waals surface area contributed by atoms with E-state index in [1.165, 1.54) is 18.4 Å². The molecule has 0 bridgehead atoms. The average Bonchev–Trinajstić information content (AvgIpc) is 3.05. The minimum atomic E-state index is -0.0287. The Morgan fingerprint density at radius 3 is 2.71 bits per heavy atom. The van der Waals surface area contributed by atoms with Gasteiger partial charge in [-0.2, -0.15) is 11.3 Å². The van der Waals surface area contributed by atoms with Crippen LogP contribution in [0.5, 0.6) is 0 Å². The van der Waals surface area contributed by atoms with E-state index in [0.717, 1.165) is 12.8 Å². The fourth-order valence-corrected chi connectivity index (χ4v) is 3.77. The van der Waals surface area contributed by atoms with Crippen LogP contribution < -0.4 is 5.32 Å². The molecule has 3 nitrogen and oxygen atoms in total. The summed E-state index contributed by atoms with van der Waals surface area (Å²) in [6, 6.07) is 2.40. The van der Waals surface area contributed by atoms with Gasteiger partial charge in [0.2, 0.25) is 5.91 Å². The lowest BCUT2D eigenvalue weighted by atomic mass is 10.0. The number of carbonyl (C=O) groups is 1. The molecule has 1 aliphatic heterocycles. The van der Waals surface area contributed by atoms with Gasteiger partial charge in [0.25, 0.3) is 0 Å². The van der Waals surface area contributed by atoms with Gasteiger partial charge in [0, 0.05) is 6.04 Å². The molecule has 1 N–H and O–H groups in total. The van der Waals surface area contributed by atoms with Crippen molar-refractivity contribution in [3.63, 3.8) is 0 Å². The van der Waals surface area contributed by atoms with Crippen LogP contribution in [0.15, 0.2) is 16.8 Å². The van der Waals surface area contributed by atoms with Gasteiger partial charge in [0.05, 0.1) is 6.04 Å². The molecule has 0 radical (unpaired) electrons. The summed E-state index contributed by atoms with van der Waals surface area (Å²) in [7, 11) is 0. The van der Waals surface area contributed by atoms with Crippen molar-refractivity contribution in [2.45, 2.75) is 71.6 Å². The van der Waals surface area contributed by atoms with Crippen LogP contribution in [0, 0.1) is 5.92 Å². The molecule has 0 aromatic carbocycles. The second-order valence-corrected chi connectivity index (χ2v) is 7.32. The lowest BCUT2D eigenvalue weighted by Gasteiger charge is -2.30. The summed E-state index contributed by atoms with van der Waals surface area (Å²) in [4.78, 5) is 14.9. The Morgan fingerprint density at radius 1 is 1.38 bits per heavy atom. The van der Waals surface area contributed by atoms with Gasteiger partial charge in [0.15, 0.2) is 0 Å². The van der Waals surface area contributed by atoms with Gasteiger partial charge in [-0.25, -0.2) is 0 Å². The number of nitrogens with zero attached hydrogens (tertiary/aromatic N) is 1. The second kappa shape index (κ2) is 7.41. The third kappa shape index (κ3) is 3.86. The van der Waals surface area contributed by atoms with E-state index in [0.29, 0.717) is 12.0 Å². The van der Waals surface area contributed by atoms with Gasteiger partial charge < -0.3 is 4.90 Å². The van der Waals surface area contributed by atoms with Crippen LogP contribution >= 0.6 is 11.3 Å². The smallest absolute Gasteiger partial charge is 0.241 e. The molecule has 1 aromatic rings. The minimum Gasteiger partial charge on any atom is -0.319 e. The standard InChI is InChI=1S/C17H28N2OS/c1-5-6-7-13(4)19-16(14-8-9-21-11-14)18-15(17(19)20)10-12(2)3/h8-9,11-13,15-16,18H,5-7,10H2,1-4H3. The van der Waals surface area contributed by atoms with Crippen LogP contribution in [0.2, 0.25) is 0 Å². The second-order valence-electron chi connectivity index (χ2n) is 6.54. The summed E-state index contributed by atoms with van der Waals surface area (Å²) in [5.41, 5.74) is 1.22. The van der Waals surface area contributed by atoms with Crippen LogP contribution in [0.3, 0.4) is 0 Å². The zero-order chi connectivity index (χ0) is 15.4. The lowest BCUT2D eigenvalue weighted by molar-refractivity contribution is -0.132. The number of carbonyl (C=O) groups excluding carboxylic acids is 1. The predicted molar refractivity (Wildman–Crippen MR) is 89.3 cm³/mol. The molecule has 0 aliphatic carbocycles.